The van der Waals surface area contributed by atoms with E-state index in [0.717, 1.165) is 47.5 Å². The molecule has 1 saturated heterocycles. The molecule has 0 spiro atoms. The van der Waals surface area contributed by atoms with Crippen molar-refractivity contribution in [1.82, 2.24) is 10.2 Å². The molecule has 3 aromatic carbocycles. The van der Waals surface area contributed by atoms with E-state index in [4.69, 9.17) is 11.6 Å². The molecule has 2 atom stereocenters. The second-order valence-electron chi connectivity index (χ2n) is 10.1. The first kappa shape index (κ1) is 30.0. The van der Waals surface area contributed by atoms with Gasteiger partial charge < -0.3 is 10.2 Å². The lowest BCUT2D eigenvalue weighted by Crippen LogP contribution is -2.35. The Bertz CT molecular complexity index is 1440. The topological polar surface area (TPSA) is 69.7 Å². The summed E-state index contributed by atoms with van der Waals surface area (Å²) in [6.45, 7) is 3.30. The maximum atomic E-state index is 15.1. The zero-order valence-corrected chi connectivity index (χ0v) is 24.2. The fraction of sp³-hybridized carbons (Fsp3) is 0.367. The van der Waals surface area contributed by atoms with Gasteiger partial charge in [-0.25, -0.2) is 17.2 Å². The number of likely N-dealkylation sites (tertiary alicyclic amines) is 1. The van der Waals surface area contributed by atoms with Crippen molar-refractivity contribution < 1.29 is 22.0 Å². The summed E-state index contributed by atoms with van der Waals surface area (Å²) in [5.74, 6) is -1.74. The Hall–Kier alpha value is -3.01. The smallest absolute Gasteiger partial charge is 0.264 e. The molecule has 40 heavy (non-hydrogen) atoms. The zero-order chi connectivity index (χ0) is 28.9. The molecule has 1 aliphatic heterocycles. The van der Waals surface area contributed by atoms with Crippen molar-refractivity contribution in [3.8, 4) is 0 Å². The first-order valence-electron chi connectivity index (χ1n) is 13.4. The predicted molar refractivity (Wildman–Crippen MR) is 154 cm³/mol. The lowest BCUT2D eigenvalue weighted by Gasteiger charge is -2.32. The largest absolute Gasteiger partial charge is 0.356 e. The summed E-state index contributed by atoms with van der Waals surface area (Å²) in [5, 5.41) is 3.33. The number of hydrogen-bond donors (Lipinski definition) is 1. The van der Waals surface area contributed by atoms with Crippen LogP contribution in [0.1, 0.15) is 49.8 Å². The predicted octanol–water partition coefficient (Wildman–Crippen LogP) is 6.11. The number of benzene rings is 3. The maximum absolute atomic E-state index is 15.1. The fourth-order valence-electron chi connectivity index (χ4n) is 5.28. The van der Waals surface area contributed by atoms with Gasteiger partial charge in [-0.15, -0.1) is 0 Å². The third-order valence-electron chi connectivity index (χ3n) is 7.47. The number of halogens is 3. The van der Waals surface area contributed by atoms with Gasteiger partial charge >= 0.3 is 0 Å². The molecule has 0 saturated carbocycles. The van der Waals surface area contributed by atoms with Gasteiger partial charge in [-0.05, 0) is 93.7 Å². The van der Waals surface area contributed by atoms with E-state index in [1.54, 1.807) is 25.1 Å². The summed E-state index contributed by atoms with van der Waals surface area (Å²) in [4.78, 5) is 14.8. The van der Waals surface area contributed by atoms with E-state index in [-0.39, 0.29) is 17.2 Å². The number of hydrogen-bond acceptors (Lipinski definition) is 4. The van der Waals surface area contributed by atoms with Crippen molar-refractivity contribution in [2.24, 2.45) is 0 Å². The Kier molecular flexibility index (Phi) is 9.81. The van der Waals surface area contributed by atoms with Crippen LogP contribution in [0.25, 0.3) is 0 Å². The quantitative estimate of drug-likeness (QED) is 0.293. The standard InChI is InChI=1S/C30H34ClF2N3O3S/c1-21(27-8-4-3-6-22(27)9-16-30(37)34-18-17-25-7-5-19-35(25)2)36(29-20-24(32)12-15-28(29)33)40(38,39)26-13-10-23(31)11-14-26/h3-4,6,8,10-15,20-21,25H,5,7,9,16-19H2,1-2H3,(H,34,37)/t21-,25?/m1/s1. The van der Waals surface area contributed by atoms with Crippen LogP contribution in [0.3, 0.4) is 0 Å². The first-order chi connectivity index (χ1) is 19.1. The van der Waals surface area contributed by atoms with Crippen LogP contribution in [-0.4, -0.2) is 45.4 Å². The molecule has 1 aliphatic rings. The average molecular weight is 590 g/mol. The van der Waals surface area contributed by atoms with Crippen LogP contribution in [0.4, 0.5) is 14.5 Å². The molecule has 10 heteroatoms. The van der Waals surface area contributed by atoms with E-state index in [9.17, 15) is 17.6 Å². The van der Waals surface area contributed by atoms with E-state index < -0.39 is 33.4 Å². The average Bonchev–Trinajstić information content (AvgIpc) is 3.34. The molecule has 0 aliphatic carbocycles. The highest BCUT2D eigenvalue weighted by molar-refractivity contribution is 7.92. The van der Waals surface area contributed by atoms with E-state index in [1.165, 1.54) is 30.7 Å². The summed E-state index contributed by atoms with van der Waals surface area (Å²) in [5.41, 5.74) is 0.921. The van der Waals surface area contributed by atoms with Crippen LogP contribution in [0.15, 0.2) is 71.6 Å². The molecule has 1 heterocycles. The second kappa shape index (κ2) is 13.1. The van der Waals surface area contributed by atoms with Gasteiger partial charge in [-0.2, -0.15) is 0 Å². The molecule has 4 rings (SSSR count). The summed E-state index contributed by atoms with van der Waals surface area (Å²) >= 11 is 5.96. The van der Waals surface area contributed by atoms with Gasteiger partial charge in [0.25, 0.3) is 10.0 Å². The first-order valence-corrected chi connectivity index (χ1v) is 15.2. The van der Waals surface area contributed by atoms with Gasteiger partial charge in [-0.3, -0.25) is 9.10 Å². The molecule has 1 amide bonds. The summed E-state index contributed by atoms with van der Waals surface area (Å²) in [6, 6.07) is 14.9. The maximum Gasteiger partial charge on any atom is 0.264 e. The van der Waals surface area contributed by atoms with Crippen LogP contribution in [0.2, 0.25) is 5.02 Å². The number of nitrogens with zero attached hydrogens (tertiary/aromatic N) is 2. The Morgan fingerprint density at radius 3 is 2.55 bits per heavy atom. The molecular formula is C30H34ClF2N3O3S. The molecule has 6 nitrogen and oxygen atoms in total. The van der Waals surface area contributed by atoms with Gasteiger partial charge in [0.2, 0.25) is 5.91 Å². The molecule has 1 fully saturated rings. The molecule has 3 aromatic rings. The van der Waals surface area contributed by atoms with Crippen molar-refractivity contribution in [1.29, 1.82) is 0 Å². The Balaban J connectivity index is 1.58. The Labute approximate surface area is 240 Å². The number of rotatable bonds is 11. The zero-order valence-electron chi connectivity index (χ0n) is 22.6. The fourth-order valence-corrected chi connectivity index (χ4v) is 7.04. The molecule has 1 unspecified atom stereocenters. The minimum atomic E-state index is -4.35. The Morgan fingerprint density at radius 1 is 1.12 bits per heavy atom. The van der Waals surface area contributed by atoms with Crippen molar-refractivity contribution in [3.05, 3.63) is 94.5 Å². The minimum Gasteiger partial charge on any atom is -0.356 e. The molecule has 1 N–H and O–H groups in total. The number of amides is 1. The number of aryl methyl sites for hydroxylation is 1. The second-order valence-corrected chi connectivity index (χ2v) is 12.4. The normalized spacial score (nSPS) is 16.6. The highest BCUT2D eigenvalue weighted by Crippen LogP contribution is 2.37. The molecule has 0 aromatic heterocycles. The SMILES string of the molecule is C[C@H](c1ccccc1CCC(=O)NCCC1CCCN1C)N(c1cc(F)ccc1F)S(=O)(=O)c1ccc(Cl)cc1. The van der Waals surface area contributed by atoms with Gasteiger partial charge in [-0.1, -0.05) is 35.9 Å². The van der Waals surface area contributed by atoms with Crippen LogP contribution in [-0.2, 0) is 21.2 Å². The van der Waals surface area contributed by atoms with Crippen LogP contribution in [0, 0.1) is 11.6 Å². The van der Waals surface area contributed by atoms with E-state index >= 15 is 4.39 Å². The Morgan fingerprint density at radius 2 is 1.85 bits per heavy atom. The van der Waals surface area contributed by atoms with Gasteiger partial charge in [0.15, 0.2) is 0 Å². The van der Waals surface area contributed by atoms with Crippen LogP contribution in [0.5, 0.6) is 0 Å². The summed E-state index contributed by atoms with van der Waals surface area (Å²) in [7, 11) is -2.24. The lowest BCUT2D eigenvalue weighted by molar-refractivity contribution is -0.121. The van der Waals surface area contributed by atoms with Crippen molar-refractivity contribution in [2.75, 3.05) is 24.4 Å². The number of sulfonamides is 1. The van der Waals surface area contributed by atoms with Gasteiger partial charge in [0.05, 0.1) is 16.6 Å². The molecule has 214 valence electrons. The monoisotopic (exact) mass is 589 g/mol. The third kappa shape index (κ3) is 7.00. The third-order valence-corrected chi connectivity index (χ3v) is 9.62. The van der Waals surface area contributed by atoms with Crippen LogP contribution >= 0.6 is 11.6 Å². The highest BCUT2D eigenvalue weighted by Gasteiger charge is 2.33. The van der Waals surface area contributed by atoms with Gasteiger partial charge in [0.1, 0.15) is 11.6 Å². The molecular weight excluding hydrogens is 556 g/mol. The van der Waals surface area contributed by atoms with Crippen LogP contribution < -0.4 is 9.62 Å². The van der Waals surface area contributed by atoms with E-state index in [2.05, 4.69) is 17.3 Å². The van der Waals surface area contributed by atoms with Crippen molar-refractivity contribution >= 4 is 33.2 Å². The minimum absolute atomic E-state index is 0.0927. The van der Waals surface area contributed by atoms with E-state index in [1.807, 2.05) is 6.07 Å². The number of carbonyl (C=O) groups is 1. The lowest BCUT2D eigenvalue weighted by atomic mass is 9.97. The number of nitrogens with one attached hydrogen (secondary N) is 1. The molecule has 0 radical (unpaired) electrons. The van der Waals surface area contributed by atoms with Crippen molar-refractivity contribution in [2.45, 2.75) is 56.0 Å². The summed E-state index contributed by atoms with van der Waals surface area (Å²) in [6.07, 6.45) is 3.78. The van der Waals surface area contributed by atoms with Crippen molar-refractivity contribution in [3.63, 3.8) is 0 Å². The molecule has 0 bridgehead atoms. The number of anilines is 1. The number of carbonyl (C=O) groups excluding carboxylic acids is 1. The van der Waals surface area contributed by atoms with Gasteiger partial charge in [0, 0.05) is 30.1 Å². The summed E-state index contributed by atoms with van der Waals surface area (Å²) < 4.78 is 58.0. The highest BCUT2D eigenvalue weighted by atomic mass is 35.5. The van der Waals surface area contributed by atoms with E-state index in [0.29, 0.717) is 29.6 Å².